The van der Waals surface area contributed by atoms with Gasteiger partial charge >= 0.3 is 0 Å². The van der Waals surface area contributed by atoms with E-state index in [9.17, 15) is 4.79 Å². The fraction of sp³-hybridized carbons (Fsp3) is 0.500. The quantitative estimate of drug-likeness (QED) is 0.929. The number of aromatic amines is 1. The third kappa shape index (κ3) is 3.25. The first-order valence-electron chi connectivity index (χ1n) is 8.15. The number of fused-ring (bicyclic) bond motifs is 1. The van der Waals surface area contributed by atoms with Crippen LogP contribution in [0.5, 0.6) is 5.75 Å². The molecule has 3 rings (SSSR count). The average molecular weight is 331 g/mol. The van der Waals surface area contributed by atoms with Crippen molar-refractivity contribution in [2.24, 2.45) is 0 Å². The lowest BCUT2D eigenvalue weighted by atomic mass is 10.0. The van der Waals surface area contributed by atoms with Crippen LogP contribution in [0.4, 0.5) is 0 Å². The van der Waals surface area contributed by atoms with Crippen LogP contribution in [0.15, 0.2) is 24.3 Å². The number of rotatable bonds is 4. The monoisotopic (exact) mass is 331 g/mol. The van der Waals surface area contributed by atoms with Crippen LogP contribution >= 0.6 is 0 Å². The fourth-order valence-corrected chi connectivity index (χ4v) is 3.31. The summed E-state index contributed by atoms with van der Waals surface area (Å²) in [5.74, 6) is 0.858. The molecule has 1 saturated heterocycles. The highest BCUT2D eigenvalue weighted by molar-refractivity contribution is 5.85. The molecule has 0 bridgehead atoms. The van der Waals surface area contributed by atoms with Crippen LogP contribution in [0.3, 0.4) is 0 Å². The molecule has 24 heavy (non-hydrogen) atoms. The molecule has 6 heteroatoms. The van der Waals surface area contributed by atoms with Gasteiger partial charge in [-0.2, -0.15) is 0 Å². The number of benzene rings is 1. The molecule has 1 fully saturated rings. The number of nitrogens with one attached hydrogen (secondary N) is 1. The third-order valence-corrected chi connectivity index (χ3v) is 4.49. The molecule has 2 heterocycles. The van der Waals surface area contributed by atoms with Gasteiger partial charge in [-0.3, -0.25) is 9.69 Å². The van der Waals surface area contributed by atoms with Crippen molar-refractivity contribution < 1.29 is 14.3 Å². The van der Waals surface area contributed by atoms with Gasteiger partial charge in [-0.25, -0.2) is 0 Å². The molecule has 2 aromatic rings. The molecule has 1 aromatic carbocycles. The number of H-pyrrole nitrogens is 1. The van der Waals surface area contributed by atoms with Gasteiger partial charge in [0, 0.05) is 50.3 Å². The zero-order valence-corrected chi connectivity index (χ0v) is 14.8. The van der Waals surface area contributed by atoms with Crippen molar-refractivity contribution in [2.45, 2.75) is 19.1 Å². The van der Waals surface area contributed by atoms with Crippen LogP contribution < -0.4 is 4.74 Å². The molecule has 1 unspecified atom stereocenters. The van der Waals surface area contributed by atoms with Gasteiger partial charge in [-0.1, -0.05) is 0 Å². The van der Waals surface area contributed by atoms with Gasteiger partial charge in [0.2, 0.25) is 0 Å². The smallest absolute Gasteiger partial charge is 0.255 e. The molecule has 1 N–H and O–H groups in total. The minimum Gasteiger partial charge on any atom is -0.497 e. The predicted octanol–water partition coefficient (Wildman–Crippen LogP) is 1.86. The van der Waals surface area contributed by atoms with Crippen LogP contribution in [0, 0.1) is 0 Å². The summed E-state index contributed by atoms with van der Waals surface area (Å²) in [4.78, 5) is 19.7. The summed E-state index contributed by atoms with van der Waals surface area (Å²) in [5.41, 5.74) is 1.43. The lowest BCUT2D eigenvalue weighted by Gasteiger charge is -2.40. The van der Waals surface area contributed by atoms with Gasteiger partial charge in [0.15, 0.2) is 5.60 Å². The predicted molar refractivity (Wildman–Crippen MR) is 93.2 cm³/mol. The molecule has 0 spiro atoms. The molecule has 0 saturated carbocycles. The minimum absolute atomic E-state index is 0.00795. The summed E-state index contributed by atoms with van der Waals surface area (Å²) in [5, 5.41) is 1.13. The summed E-state index contributed by atoms with van der Waals surface area (Å²) < 4.78 is 11.1. The van der Waals surface area contributed by atoms with Crippen molar-refractivity contribution in [1.29, 1.82) is 0 Å². The van der Waals surface area contributed by atoms with E-state index in [0.717, 1.165) is 35.4 Å². The maximum absolute atomic E-state index is 12.4. The second kappa shape index (κ2) is 6.45. The first kappa shape index (κ1) is 16.8. The number of carbonyl (C=O) groups excluding carboxylic acids is 1. The largest absolute Gasteiger partial charge is 0.497 e. The molecular formula is C18H25N3O3. The Hall–Kier alpha value is -2.05. The number of ether oxygens (including phenoxy) is 2. The summed E-state index contributed by atoms with van der Waals surface area (Å²) in [7, 11) is 5.20. The fourth-order valence-electron chi connectivity index (χ4n) is 3.31. The molecule has 1 aliphatic heterocycles. The number of amides is 1. The number of methoxy groups -OCH3 is 1. The molecule has 0 radical (unpaired) electrons. The summed E-state index contributed by atoms with van der Waals surface area (Å²) in [6.07, 6.45) is 0. The van der Waals surface area contributed by atoms with E-state index in [4.69, 9.17) is 9.47 Å². The molecule has 130 valence electrons. The number of hydrogen-bond donors (Lipinski definition) is 1. The Kier molecular flexibility index (Phi) is 4.51. The van der Waals surface area contributed by atoms with E-state index in [1.54, 1.807) is 26.1 Å². The normalized spacial score (nSPS) is 21.8. The van der Waals surface area contributed by atoms with Crippen LogP contribution in [0.25, 0.3) is 10.9 Å². The first-order chi connectivity index (χ1) is 11.4. The molecule has 1 aliphatic rings. The van der Waals surface area contributed by atoms with Gasteiger partial charge in [0.05, 0.1) is 13.7 Å². The van der Waals surface area contributed by atoms with Gasteiger partial charge in [0.25, 0.3) is 5.91 Å². The molecule has 6 nitrogen and oxygen atoms in total. The Bertz CT molecular complexity index is 740. The van der Waals surface area contributed by atoms with Crippen LogP contribution in [-0.4, -0.2) is 67.2 Å². The zero-order valence-electron chi connectivity index (χ0n) is 14.8. The third-order valence-electron chi connectivity index (χ3n) is 4.49. The van der Waals surface area contributed by atoms with E-state index in [1.165, 1.54) is 0 Å². The van der Waals surface area contributed by atoms with Crippen molar-refractivity contribution in [3.8, 4) is 5.75 Å². The number of carbonyl (C=O) groups is 1. The number of aromatic nitrogens is 1. The highest BCUT2D eigenvalue weighted by Gasteiger charge is 2.40. The number of morpholine rings is 1. The second-order valence-corrected chi connectivity index (χ2v) is 6.74. The maximum Gasteiger partial charge on any atom is 0.255 e. The Morgan fingerprint density at radius 2 is 2.21 bits per heavy atom. The van der Waals surface area contributed by atoms with Crippen LogP contribution in [0.1, 0.15) is 12.6 Å². The van der Waals surface area contributed by atoms with Crippen LogP contribution in [0.2, 0.25) is 0 Å². The van der Waals surface area contributed by atoms with Crippen molar-refractivity contribution in [1.82, 2.24) is 14.8 Å². The van der Waals surface area contributed by atoms with E-state index < -0.39 is 5.60 Å². The van der Waals surface area contributed by atoms with Crippen molar-refractivity contribution >= 4 is 16.8 Å². The summed E-state index contributed by atoms with van der Waals surface area (Å²) >= 11 is 0. The lowest BCUT2D eigenvalue weighted by Crippen LogP contribution is -2.57. The summed E-state index contributed by atoms with van der Waals surface area (Å²) in [6.45, 7) is 4.59. The molecule has 1 atom stereocenters. The van der Waals surface area contributed by atoms with Crippen LogP contribution in [-0.2, 0) is 16.1 Å². The number of nitrogens with zero attached hydrogens (tertiary/aromatic N) is 2. The highest BCUT2D eigenvalue weighted by Crippen LogP contribution is 2.24. The Morgan fingerprint density at radius 1 is 1.42 bits per heavy atom. The maximum atomic E-state index is 12.4. The molecular weight excluding hydrogens is 306 g/mol. The number of likely N-dealkylation sites (N-methyl/N-ethyl adjacent to an activating group) is 1. The van der Waals surface area contributed by atoms with E-state index >= 15 is 0 Å². The van der Waals surface area contributed by atoms with E-state index in [2.05, 4.69) is 16.0 Å². The van der Waals surface area contributed by atoms with Gasteiger partial charge in [0.1, 0.15) is 5.75 Å². The Balaban J connectivity index is 1.74. The minimum atomic E-state index is -0.781. The SMILES string of the molecule is COc1ccc2[nH]c(CN3CCOC(C)(C(=O)N(C)C)C3)cc2c1. The molecule has 1 aromatic heterocycles. The van der Waals surface area contributed by atoms with Crippen molar-refractivity contribution in [3.05, 3.63) is 30.0 Å². The molecule has 0 aliphatic carbocycles. The standard InChI is InChI=1S/C18H25N3O3/c1-18(17(22)20(2)3)12-21(7-8-24-18)11-14-9-13-10-15(23-4)5-6-16(13)19-14/h5-6,9-10,19H,7-8,11-12H2,1-4H3. The van der Waals surface area contributed by atoms with Gasteiger partial charge in [-0.15, -0.1) is 0 Å². The summed E-state index contributed by atoms with van der Waals surface area (Å²) in [6, 6.07) is 8.13. The van der Waals surface area contributed by atoms with Gasteiger partial charge in [-0.05, 0) is 31.2 Å². The van der Waals surface area contributed by atoms with Crippen molar-refractivity contribution in [2.75, 3.05) is 40.9 Å². The van der Waals surface area contributed by atoms with Crippen molar-refractivity contribution in [3.63, 3.8) is 0 Å². The second-order valence-electron chi connectivity index (χ2n) is 6.74. The first-order valence-corrected chi connectivity index (χ1v) is 8.15. The van der Waals surface area contributed by atoms with E-state index in [-0.39, 0.29) is 5.91 Å². The Labute approximate surface area is 142 Å². The molecule has 1 amide bonds. The number of hydrogen-bond acceptors (Lipinski definition) is 4. The Morgan fingerprint density at radius 3 is 2.92 bits per heavy atom. The van der Waals surface area contributed by atoms with E-state index in [0.29, 0.717) is 13.2 Å². The lowest BCUT2D eigenvalue weighted by molar-refractivity contribution is -0.165. The van der Waals surface area contributed by atoms with Gasteiger partial charge < -0.3 is 19.4 Å². The van der Waals surface area contributed by atoms with E-state index in [1.807, 2.05) is 25.1 Å². The topological polar surface area (TPSA) is 57.8 Å². The zero-order chi connectivity index (χ0) is 17.3. The average Bonchev–Trinajstić information content (AvgIpc) is 2.95. The highest BCUT2D eigenvalue weighted by atomic mass is 16.5.